The number of rotatable bonds is 6. The molecule has 2 saturated heterocycles. The first-order valence-corrected chi connectivity index (χ1v) is 12.6. The minimum Gasteiger partial charge on any atom is -0.480 e. The Morgan fingerprint density at radius 3 is 2.34 bits per heavy atom. The normalized spacial score (nSPS) is 32.4. The molecule has 2 heterocycles. The molecule has 2 aliphatic heterocycles. The van der Waals surface area contributed by atoms with E-state index in [-0.39, 0.29) is 35.8 Å². The number of fused-ring (bicyclic) bond motifs is 1. The molecule has 4 aliphatic rings. The number of carboxylic acid groups (broad SMARTS) is 1. The van der Waals surface area contributed by atoms with Crippen LogP contribution < -0.4 is 0 Å². The smallest absolute Gasteiger partial charge is 0.328 e. The molecule has 0 spiro atoms. The molecule has 0 aromatic heterocycles. The average Bonchev–Trinajstić information content (AvgIpc) is 3.29. The Labute approximate surface area is 190 Å². The predicted octanol–water partition coefficient (Wildman–Crippen LogP) is 3.38. The first kappa shape index (κ1) is 23.1. The fourth-order valence-corrected chi connectivity index (χ4v) is 6.61. The molecule has 4 fully saturated rings. The van der Waals surface area contributed by atoms with Gasteiger partial charge in [-0.05, 0) is 51.4 Å². The van der Waals surface area contributed by atoms with Crippen LogP contribution in [0.15, 0.2) is 0 Å². The van der Waals surface area contributed by atoms with Crippen molar-refractivity contribution in [3.05, 3.63) is 0 Å². The third-order valence-electron chi connectivity index (χ3n) is 8.19. The molecule has 0 aromatic rings. The second-order valence-electron chi connectivity index (χ2n) is 10.1. The topological polar surface area (TPSA) is 98.2 Å². The lowest BCUT2D eigenvalue weighted by Gasteiger charge is -2.37. The Kier molecular flexibility index (Phi) is 6.77. The molecule has 2 saturated carbocycles. The molecule has 4 amide bonds. The summed E-state index contributed by atoms with van der Waals surface area (Å²) in [5.41, 5.74) is 0. The molecule has 0 bridgehead atoms. The largest absolute Gasteiger partial charge is 0.480 e. The summed E-state index contributed by atoms with van der Waals surface area (Å²) in [6.45, 7) is 3.65. The standard InChI is InChI=1S/C24H37N3O5/c1-3-9-19-22(29)26(17-11-5-4-6-12-17)24(32)25(19)15(2)21(28)27-18-13-8-7-10-16(18)14-20(27)23(30)31/h15-20H,3-14H2,1-2H3,(H,30,31)/t15-,16-,18-,19-,20-/m0/s1. The molecule has 0 unspecified atom stereocenters. The zero-order valence-corrected chi connectivity index (χ0v) is 19.4. The lowest BCUT2D eigenvalue weighted by Crippen LogP contribution is -2.56. The van der Waals surface area contributed by atoms with Crippen LogP contribution in [-0.2, 0) is 14.4 Å². The number of imide groups is 1. The fourth-order valence-electron chi connectivity index (χ4n) is 6.61. The van der Waals surface area contributed by atoms with Gasteiger partial charge in [-0.1, -0.05) is 45.4 Å². The van der Waals surface area contributed by atoms with Crippen LogP contribution in [0.5, 0.6) is 0 Å². The van der Waals surface area contributed by atoms with Gasteiger partial charge in [0.05, 0.1) is 0 Å². The monoisotopic (exact) mass is 447 g/mol. The Balaban J connectivity index is 1.60. The van der Waals surface area contributed by atoms with E-state index < -0.39 is 24.1 Å². The molecule has 8 nitrogen and oxygen atoms in total. The van der Waals surface area contributed by atoms with Gasteiger partial charge < -0.3 is 14.9 Å². The van der Waals surface area contributed by atoms with Crippen LogP contribution in [0.1, 0.15) is 90.9 Å². The van der Waals surface area contributed by atoms with Crippen LogP contribution in [-0.4, -0.2) is 73.8 Å². The Bertz CT molecular complexity index is 765. The van der Waals surface area contributed by atoms with Crippen molar-refractivity contribution in [1.29, 1.82) is 0 Å². The summed E-state index contributed by atoms with van der Waals surface area (Å²) >= 11 is 0. The first-order valence-electron chi connectivity index (χ1n) is 12.6. The van der Waals surface area contributed by atoms with Gasteiger partial charge in [0.1, 0.15) is 18.1 Å². The van der Waals surface area contributed by atoms with E-state index in [1.54, 1.807) is 11.8 Å². The summed E-state index contributed by atoms with van der Waals surface area (Å²) in [6, 6.07) is -2.86. The van der Waals surface area contributed by atoms with E-state index in [0.717, 1.165) is 64.2 Å². The van der Waals surface area contributed by atoms with Crippen molar-refractivity contribution >= 4 is 23.8 Å². The van der Waals surface area contributed by atoms with Gasteiger partial charge >= 0.3 is 12.0 Å². The van der Waals surface area contributed by atoms with E-state index in [1.807, 2.05) is 6.92 Å². The van der Waals surface area contributed by atoms with Crippen LogP contribution in [0.3, 0.4) is 0 Å². The molecule has 8 heteroatoms. The van der Waals surface area contributed by atoms with Crippen molar-refractivity contribution in [2.75, 3.05) is 0 Å². The highest BCUT2D eigenvalue weighted by Gasteiger charge is 2.54. The van der Waals surface area contributed by atoms with E-state index in [4.69, 9.17) is 0 Å². The number of carboxylic acids is 1. The summed E-state index contributed by atoms with van der Waals surface area (Å²) in [7, 11) is 0. The van der Waals surface area contributed by atoms with Gasteiger partial charge in [-0.2, -0.15) is 0 Å². The third kappa shape index (κ3) is 3.90. The summed E-state index contributed by atoms with van der Waals surface area (Å²) in [5.74, 6) is -1.27. The molecule has 2 aliphatic carbocycles. The Morgan fingerprint density at radius 2 is 1.69 bits per heavy atom. The highest BCUT2D eigenvalue weighted by atomic mass is 16.4. The van der Waals surface area contributed by atoms with Crippen LogP contribution in [0.2, 0.25) is 0 Å². The average molecular weight is 448 g/mol. The van der Waals surface area contributed by atoms with E-state index in [9.17, 15) is 24.3 Å². The minimum absolute atomic E-state index is 0.0766. The maximum Gasteiger partial charge on any atom is 0.328 e. The summed E-state index contributed by atoms with van der Waals surface area (Å²) in [4.78, 5) is 57.0. The number of aliphatic carboxylic acids is 1. The van der Waals surface area contributed by atoms with Gasteiger partial charge in [0, 0.05) is 12.1 Å². The lowest BCUT2D eigenvalue weighted by molar-refractivity contribution is -0.152. The molecule has 0 aromatic carbocycles. The molecular weight excluding hydrogens is 410 g/mol. The summed E-state index contributed by atoms with van der Waals surface area (Å²) < 4.78 is 0. The number of nitrogens with zero attached hydrogens (tertiary/aromatic N) is 3. The molecule has 5 atom stereocenters. The van der Waals surface area contributed by atoms with Gasteiger partial charge in [-0.15, -0.1) is 0 Å². The van der Waals surface area contributed by atoms with Gasteiger partial charge in [0.25, 0.3) is 5.91 Å². The highest BCUT2D eigenvalue weighted by molar-refractivity contribution is 6.06. The second kappa shape index (κ2) is 9.40. The predicted molar refractivity (Wildman–Crippen MR) is 118 cm³/mol. The Hall–Kier alpha value is -2.12. The molecular formula is C24H37N3O5. The van der Waals surface area contributed by atoms with Crippen molar-refractivity contribution < 1.29 is 24.3 Å². The van der Waals surface area contributed by atoms with E-state index >= 15 is 0 Å². The maximum absolute atomic E-state index is 13.7. The van der Waals surface area contributed by atoms with E-state index in [2.05, 4.69) is 0 Å². The van der Waals surface area contributed by atoms with Crippen molar-refractivity contribution in [1.82, 2.24) is 14.7 Å². The van der Waals surface area contributed by atoms with Gasteiger partial charge in [-0.25, -0.2) is 9.59 Å². The van der Waals surface area contributed by atoms with Crippen molar-refractivity contribution in [2.24, 2.45) is 5.92 Å². The molecule has 0 radical (unpaired) electrons. The van der Waals surface area contributed by atoms with E-state index in [0.29, 0.717) is 12.8 Å². The molecule has 178 valence electrons. The van der Waals surface area contributed by atoms with Crippen molar-refractivity contribution in [3.63, 3.8) is 0 Å². The summed E-state index contributed by atoms with van der Waals surface area (Å²) in [5, 5.41) is 9.83. The summed E-state index contributed by atoms with van der Waals surface area (Å²) in [6.07, 6.45) is 10.3. The van der Waals surface area contributed by atoms with E-state index in [1.165, 1.54) is 9.80 Å². The SMILES string of the molecule is CCC[C@H]1C(=O)N(C2CCCCC2)C(=O)N1[C@@H](C)C(=O)N1[C@H](C(=O)O)C[C@@H]2CCCC[C@@H]21. The third-order valence-corrected chi connectivity index (χ3v) is 8.19. The quantitative estimate of drug-likeness (QED) is 0.630. The first-order chi connectivity index (χ1) is 15.4. The number of hydrogen-bond acceptors (Lipinski definition) is 4. The van der Waals surface area contributed by atoms with Crippen molar-refractivity contribution in [2.45, 2.75) is 121 Å². The van der Waals surface area contributed by atoms with Gasteiger partial charge in [0.2, 0.25) is 5.91 Å². The minimum atomic E-state index is -0.974. The van der Waals surface area contributed by atoms with Crippen LogP contribution in [0.25, 0.3) is 0 Å². The number of carbonyl (C=O) groups excluding carboxylic acids is 3. The van der Waals surface area contributed by atoms with Crippen LogP contribution >= 0.6 is 0 Å². The lowest BCUT2D eigenvalue weighted by atomic mass is 9.84. The van der Waals surface area contributed by atoms with Crippen LogP contribution in [0, 0.1) is 5.92 Å². The molecule has 1 N–H and O–H groups in total. The number of likely N-dealkylation sites (tertiary alicyclic amines) is 1. The van der Waals surface area contributed by atoms with Gasteiger partial charge in [-0.3, -0.25) is 14.5 Å². The Morgan fingerprint density at radius 1 is 1.03 bits per heavy atom. The second-order valence-corrected chi connectivity index (χ2v) is 10.1. The van der Waals surface area contributed by atoms with Crippen molar-refractivity contribution in [3.8, 4) is 0 Å². The molecule has 4 rings (SSSR count). The molecule has 32 heavy (non-hydrogen) atoms. The number of carbonyl (C=O) groups is 4. The number of hydrogen-bond donors (Lipinski definition) is 1. The number of urea groups is 1. The van der Waals surface area contributed by atoms with Crippen LogP contribution in [0.4, 0.5) is 4.79 Å². The zero-order chi connectivity index (χ0) is 23.0. The number of amides is 4. The highest BCUT2D eigenvalue weighted by Crippen LogP contribution is 2.41. The zero-order valence-electron chi connectivity index (χ0n) is 19.4. The fraction of sp³-hybridized carbons (Fsp3) is 0.833. The van der Waals surface area contributed by atoms with Gasteiger partial charge in [0.15, 0.2) is 0 Å². The maximum atomic E-state index is 13.7.